The van der Waals surface area contributed by atoms with Crippen molar-refractivity contribution in [3.05, 3.63) is 68.0 Å². The molecule has 132 valence electrons. The maximum absolute atomic E-state index is 10.8. The van der Waals surface area contributed by atoms with Gasteiger partial charge in [0, 0.05) is 33.8 Å². The number of hydrogen-bond acceptors (Lipinski definition) is 5. The minimum atomic E-state index is -0.468. The summed E-state index contributed by atoms with van der Waals surface area (Å²) in [6.45, 7) is 0. The topological polar surface area (TPSA) is 80.1 Å². The molecule has 0 spiro atoms. The van der Waals surface area contributed by atoms with Crippen LogP contribution in [0.2, 0.25) is 10.0 Å². The molecular formula is C16H10Cl2N4O2S2. The van der Waals surface area contributed by atoms with E-state index in [4.69, 9.17) is 35.4 Å². The molecule has 1 heterocycles. The van der Waals surface area contributed by atoms with Gasteiger partial charge in [0.2, 0.25) is 0 Å². The lowest BCUT2D eigenvalue weighted by Gasteiger charge is -2.08. The maximum atomic E-state index is 10.8. The lowest BCUT2D eigenvalue weighted by atomic mass is 10.2. The van der Waals surface area contributed by atoms with E-state index in [9.17, 15) is 10.1 Å². The molecule has 2 aromatic carbocycles. The van der Waals surface area contributed by atoms with Gasteiger partial charge < -0.3 is 10.6 Å². The molecule has 26 heavy (non-hydrogen) atoms. The second-order valence-electron chi connectivity index (χ2n) is 5.05. The van der Waals surface area contributed by atoms with Crippen LogP contribution in [-0.4, -0.2) is 15.0 Å². The number of anilines is 2. The Kier molecular flexibility index (Phi) is 5.67. The zero-order chi connectivity index (χ0) is 18.7. The molecule has 0 saturated heterocycles. The van der Waals surface area contributed by atoms with E-state index in [2.05, 4.69) is 15.6 Å². The van der Waals surface area contributed by atoms with Crippen molar-refractivity contribution in [3.8, 4) is 11.3 Å². The van der Waals surface area contributed by atoms with Crippen LogP contribution in [0.15, 0.2) is 47.8 Å². The van der Waals surface area contributed by atoms with Crippen molar-refractivity contribution in [1.82, 2.24) is 4.98 Å². The summed E-state index contributed by atoms with van der Waals surface area (Å²) in [6, 6.07) is 11.3. The van der Waals surface area contributed by atoms with Gasteiger partial charge in [0.1, 0.15) is 0 Å². The Balaban J connectivity index is 1.70. The first-order valence-electron chi connectivity index (χ1n) is 7.16. The van der Waals surface area contributed by atoms with Crippen LogP contribution in [0.5, 0.6) is 0 Å². The summed E-state index contributed by atoms with van der Waals surface area (Å²) in [5, 5.41) is 20.4. The Morgan fingerprint density at radius 3 is 2.73 bits per heavy atom. The van der Waals surface area contributed by atoms with Crippen LogP contribution in [0.1, 0.15) is 0 Å². The Morgan fingerprint density at radius 2 is 2.00 bits per heavy atom. The number of hydrogen-bond donors (Lipinski definition) is 2. The van der Waals surface area contributed by atoms with E-state index in [0.717, 1.165) is 5.56 Å². The number of thiazole rings is 1. The lowest BCUT2D eigenvalue weighted by Crippen LogP contribution is -2.18. The van der Waals surface area contributed by atoms with E-state index in [0.29, 0.717) is 26.6 Å². The fourth-order valence-corrected chi connectivity index (χ4v) is 3.61. The van der Waals surface area contributed by atoms with E-state index in [-0.39, 0.29) is 10.8 Å². The van der Waals surface area contributed by atoms with Crippen molar-refractivity contribution in [2.24, 2.45) is 0 Å². The van der Waals surface area contributed by atoms with Crippen LogP contribution in [0, 0.1) is 10.1 Å². The number of nitrogens with one attached hydrogen (secondary N) is 2. The largest absolute Gasteiger partial charge is 0.332 e. The molecule has 0 fully saturated rings. The molecule has 2 N–H and O–H groups in total. The van der Waals surface area contributed by atoms with Gasteiger partial charge in [-0.1, -0.05) is 29.3 Å². The number of nitro groups is 1. The molecule has 0 aliphatic heterocycles. The van der Waals surface area contributed by atoms with Crippen molar-refractivity contribution < 1.29 is 4.92 Å². The van der Waals surface area contributed by atoms with Gasteiger partial charge in [-0.2, -0.15) is 0 Å². The highest BCUT2D eigenvalue weighted by Crippen LogP contribution is 2.32. The highest BCUT2D eigenvalue weighted by atomic mass is 35.5. The van der Waals surface area contributed by atoms with Crippen LogP contribution in [0.3, 0.4) is 0 Å². The molecule has 0 atom stereocenters. The monoisotopic (exact) mass is 424 g/mol. The third-order valence-corrected chi connectivity index (χ3v) is 4.76. The summed E-state index contributed by atoms with van der Waals surface area (Å²) in [5.74, 6) is 0. The van der Waals surface area contributed by atoms with Crippen LogP contribution in [0.4, 0.5) is 16.5 Å². The molecule has 0 aliphatic carbocycles. The number of aromatic nitrogens is 1. The summed E-state index contributed by atoms with van der Waals surface area (Å²) in [5.41, 5.74) is 1.94. The first-order valence-corrected chi connectivity index (χ1v) is 9.20. The Bertz CT molecular complexity index is 994. The van der Waals surface area contributed by atoms with E-state index in [1.165, 1.54) is 23.5 Å². The minimum absolute atomic E-state index is 0.0216. The molecule has 3 aromatic rings. The standard InChI is InChI=1S/C16H10Cl2N4O2S2/c17-9-4-5-12(13(18)6-9)14-8-26-16(20-14)21-15(25)19-10-2-1-3-11(7-10)22(23)24/h1-8H,(H2,19,20,21,25). The van der Waals surface area contributed by atoms with Crippen LogP contribution in [0.25, 0.3) is 11.3 Å². The van der Waals surface area contributed by atoms with Gasteiger partial charge in [-0.25, -0.2) is 4.98 Å². The van der Waals surface area contributed by atoms with Gasteiger partial charge >= 0.3 is 0 Å². The molecule has 6 nitrogen and oxygen atoms in total. The van der Waals surface area contributed by atoms with Gasteiger partial charge in [0.05, 0.1) is 15.6 Å². The van der Waals surface area contributed by atoms with Crippen LogP contribution < -0.4 is 10.6 Å². The molecule has 1 aromatic heterocycles. The predicted molar refractivity (Wildman–Crippen MR) is 111 cm³/mol. The van der Waals surface area contributed by atoms with Crippen molar-refractivity contribution >= 4 is 68.4 Å². The predicted octanol–water partition coefficient (Wildman–Crippen LogP) is 5.83. The van der Waals surface area contributed by atoms with Crippen molar-refractivity contribution in [3.63, 3.8) is 0 Å². The Morgan fingerprint density at radius 1 is 1.19 bits per heavy atom. The van der Waals surface area contributed by atoms with Gasteiger partial charge in [-0.05, 0) is 36.5 Å². The summed E-state index contributed by atoms with van der Waals surface area (Å²) >= 11 is 18.7. The smallest absolute Gasteiger partial charge is 0.271 e. The lowest BCUT2D eigenvalue weighted by molar-refractivity contribution is -0.384. The number of non-ortho nitro benzene ring substituents is 1. The molecule has 0 aliphatic rings. The zero-order valence-corrected chi connectivity index (χ0v) is 16.0. The van der Waals surface area contributed by atoms with E-state index >= 15 is 0 Å². The minimum Gasteiger partial charge on any atom is -0.332 e. The summed E-state index contributed by atoms with van der Waals surface area (Å²) < 4.78 is 0. The third-order valence-electron chi connectivity index (χ3n) is 3.25. The molecule has 0 bridgehead atoms. The summed E-state index contributed by atoms with van der Waals surface area (Å²) in [7, 11) is 0. The molecule has 10 heteroatoms. The molecule has 0 radical (unpaired) electrons. The number of rotatable bonds is 4. The average molecular weight is 425 g/mol. The van der Waals surface area contributed by atoms with Crippen molar-refractivity contribution in [2.45, 2.75) is 0 Å². The fourth-order valence-electron chi connectivity index (χ4n) is 2.11. The van der Waals surface area contributed by atoms with Crippen LogP contribution >= 0.6 is 46.8 Å². The van der Waals surface area contributed by atoms with Gasteiger partial charge in [0.25, 0.3) is 5.69 Å². The summed E-state index contributed by atoms with van der Waals surface area (Å²) in [6.07, 6.45) is 0. The van der Waals surface area contributed by atoms with Gasteiger partial charge in [-0.3, -0.25) is 10.1 Å². The SMILES string of the molecule is O=[N+]([O-])c1cccc(NC(=S)Nc2nc(-c3ccc(Cl)cc3Cl)cs2)c1. The van der Waals surface area contributed by atoms with E-state index in [1.807, 2.05) is 5.38 Å². The molecule has 0 amide bonds. The molecule has 3 rings (SSSR count). The third kappa shape index (κ3) is 4.47. The number of halogens is 2. The van der Waals surface area contributed by atoms with E-state index in [1.54, 1.807) is 30.3 Å². The summed E-state index contributed by atoms with van der Waals surface area (Å²) in [4.78, 5) is 14.8. The maximum Gasteiger partial charge on any atom is 0.271 e. The van der Waals surface area contributed by atoms with Gasteiger partial charge in [0.15, 0.2) is 10.2 Å². The van der Waals surface area contributed by atoms with E-state index < -0.39 is 4.92 Å². The molecule has 0 unspecified atom stereocenters. The second kappa shape index (κ2) is 7.96. The quantitative estimate of drug-likeness (QED) is 0.311. The number of nitro benzene ring substituents is 1. The highest BCUT2D eigenvalue weighted by molar-refractivity contribution is 7.80. The zero-order valence-electron chi connectivity index (χ0n) is 12.9. The van der Waals surface area contributed by atoms with Crippen molar-refractivity contribution in [2.75, 3.05) is 10.6 Å². The van der Waals surface area contributed by atoms with Crippen LogP contribution in [-0.2, 0) is 0 Å². The Labute approximate surface area is 167 Å². The number of benzene rings is 2. The Hall–Kier alpha value is -2.26. The highest BCUT2D eigenvalue weighted by Gasteiger charge is 2.11. The fraction of sp³-hybridized carbons (Fsp3) is 0. The van der Waals surface area contributed by atoms with Gasteiger partial charge in [-0.15, -0.1) is 11.3 Å². The second-order valence-corrected chi connectivity index (χ2v) is 7.16. The number of thiocarbonyl (C=S) groups is 1. The molecule has 0 saturated carbocycles. The van der Waals surface area contributed by atoms with Crippen molar-refractivity contribution in [1.29, 1.82) is 0 Å². The average Bonchev–Trinajstić information content (AvgIpc) is 3.03. The normalized spacial score (nSPS) is 10.4. The first kappa shape index (κ1) is 18.5. The number of nitrogens with zero attached hydrogens (tertiary/aromatic N) is 2. The molecular weight excluding hydrogens is 415 g/mol. The first-order chi connectivity index (χ1) is 12.4.